The molecule has 1 atom stereocenters. The maximum Gasteiger partial charge on any atom is 0.247 e. The van der Waals surface area contributed by atoms with Gasteiger partial charge in [-0.25, -0.2) is 13.2 Å². The second-order valence-corrected chi connectivity index (χ2v) is 4.12. The minimum absolute atomic E-state index is 0.188. The molecule has 2 amide bonds. The van der Waals surface area contributed by atoms with E-state index >= 15 is 0 Å². The molecule has 7 heteroatoms. The largest absolute Gasteiger partial charge is 0.345 e. The number of carbonyl (C=O) groups is 2. The van der Waals surface area contributed by atoms with Crippen LogP contribution in [0.1, 0.15) is 13.3 Å². The molecule has 1 aliphatic heterocycles. The summed E-state index contributed by atoms with van der Waals surface area (Å²) in [5.74, 6) is -4.64. The molecule has 1 aliphatic rings. The summed E-state index contributed by atoms with van der Waals surface area (Å²) in [7, 11) is 0. The van der Waals surface area contributed by atoms with Crippen molar-refractivity contribution in [3.8, 4) is 0 Å². The van der Waals surface area contributed by atoms with E-state index < -0.39 is 41.0 Å². The minimum atomic E-state index is -1.21. The third kappa shape index (κ3) is 2.27. The van der Waals surface area contributed by atoms with Gasteiger partial charge < -0.3 is 5.32 Å². The van der Waals surface area contributed by atoms with E-state index in [1.54, 1.807) is 6.92 Å². The van der Waals surface area contributed by atoms with Gasteiger partial charge in [0.1, 0.15) is 17.5 Å². The molecule has 0 bridgehead atoms. The van der Waals surface area contributed by atoms with Crippen LogP contribution in [0.2, 0.25) is 0 Å². The van der Waals surface area contributed by atoms with Crippen LogP contribution < -0.4 is 10.2 Å². The first kappa shape index (κ1) is 13.4. The predicted octanol–water partition coefficient (Wildman–Crippen LogP) is 1.35. The van der Waals surface area contributed by atoms with Crippen molar-refractivity contribution in [2.75, 3.05) is 11.4 Å². The van der Waals surface area contributed by atoms with Crippen LogP contribution in [-0.4, -0.2) is 24.4 Å². The highest BCUT2D eigenvalue weighted by atomic mass is 19.1. The zero-order chi connectivity index (χ0) is 14.2. The van der Waals surface area contributed by atoms with Crippen LogP contribution in [0.25, 0.3) is 0 Å². The lowest BCUT2D eigenvalue weighted by molar-refractivity contribution is -0.131. The molecule has 0 saturated carbocycles. The highest BCUT2D eigenvalue weighted by molar-refractivity contribution is 6.06. The summed E-state index contributed by atoms with van der Waals surface area (Å²) < 4.78 is 40.3. The second kappa shape index (κ2) is 4.91. The highest BCUT2D eigenvalue weighted by Gasteiger charge is 2.37. The fraction of sp³-hybridized carbons (Fsp3) is 0.333. The van der Waals surface area contributed by atoms with E-state index in [9.17, 15) is 22.8 Å². The SMILES string of the molecule is CCC1C(=O)NCC(=O)N1c1c(F)cc(F)cc1F. The van der Waals surface area contributed by atoms with Crippen LogP contribution in [0.3, 0.4) is 0 Å². The Hall–Kier alpha value is -2.05. The standard InChI is InChI=1S/C12H11F3N2O2/c1-2-9-12(19)16-5-10(18)17(9)11-7(14)3-6(13)4-8(11)15/h3-4,9H,2,5H2,1H3,(H,16,19). The molecule has 1 N–H and O–H groups in total. The first-order valence-corrected chi connectivity index (χ1v) is 5.70. The van der Waals surface area contributed by atoms with E-state index in [4.69, 9.17) is 0 Å². The number of hydrogen-bond acceptors (Lipinski definition) is 2. The van der Waals surface area contributed by atoms with Gasteiger partial charge in [-0.3, -0.25) is 14.5 Å². The van der Waals surface area contributed by atoms with Crippen molar-refractivity contribution in [3.63, 3.8) is 0 Å². The van der Waals surface area contributed by atoms with Crippen LogP contribution >= 0.6 is 0 Å². The topological polar surface area (TPSA) is 49.4 Å². The fourth-order valence-corrected chi connectivity index (χ4v) is 2.07. The summed E-state index contributed by atoms with van der Waals surface area (Å²) in [5.41, 5.74) is -0.687. The predicted molar refractivity (Wildman–Crippen MR) is 60.9 cm³/mol. The zero-order valence-corrected chi connectivity index (χ0v) is 10.0. The van der Waals surface area contributed by atoms with E-state index in [0.29, 0.717) is 12.1 Å². The Bertz CT molecular complexity index is 525. The van der Waals surface area contributed by atoms with Crippen LogP contribution in [0, 0.1) is 17.5 Å². The number of benzene rings is 1. The van der Waals surface area contributed by atoms with E-state index in [1.165, 1.54) is 0 Å². The Morgan fingerprint density at radius 3 is 2.37 bits per heavy atom. The van der Waals surface area contributed by atoms with Crippen LogP contribution in [0.4, 0.5) is 18.9 Å². The van der Waals surface area contributed by atoms with Gasteiger partial charge in [-0.05, 0) is 6.42 Å². The van der Waals surface area contributed by atoms with Gasteiger partial charge >= 0.3 is 0 Å². The lowest BCUT2D eigenvalue weighted by atomic mass is 10.1. The molecule has 1 fully saturated rings. The van der Waals surface area contributed by atoms with Crippen LogP contribution in [-0.2, 0) is 9.59 Å². The van der Waals surface area contributed by atoms with Gasteiger partial charge in [-0.2, -0.15) is 0 Å². The third-order valence-corrected chi connectivity index (χ3v) is 2.91. The Labute approximate surface area is 107 Å². The molecule has 1 unspecified atom stereocenters. The van der Waals surface area contributed by atoms with Gasteiger partial charge in [-0.15, -0.1) is 0 Å². The third-order valence-electron chi connectivity index (χ3n) is 2.91. The zero-order valence-electron chi connectivity index (χ0n) is 10.0. The molecule has 0 radical (unpaired) electrons. The van der Waals surface area contributed by atoms with E-state index in [-0.39, 0.29) is 13.0 Å². The van der Waals surface area contributed by atoms with E-state index in [2.05, 4.69) is 5.32 Å². The first-order chi connectivity index (χ1) is 8.95. The molecular formula is C12H11F3N2O2. The Morgan fingerprint density at radius 2 is 1.84 bits per heavy atom. The molecule has 0 spiro atoms. The molecule has 2 rings (SSSR count). The molecule has 1 aromatic rings. The molecule has 4 nitrogen and oxygen atoms in total. The number of amides is 2. The number of rotatable bonds is 2. The molecular weight excluding hydrogens is 261 g/mol. The monoisotopic (exact) mass is 272 g/mol. The summed E-state index contributed by atoms with van der Waals surface area (Å²) in [6.45, 7) is 1.26. The van der Waals surface area contributed by atoms with Crippen LogP contribution in [0.15, 0.2) is 12.1 Å². The highest BCUT2D eigenvalue weighted by Crippen LogP contribution is 2.28. The molecule has 1 heterocycles. The molecule has 102 valence electrons. The van der Waals surface area contributed by atoms with E-state index in [0.717, 1.165) is 4.90 Å². The van der Waals surface area contributed by atoms with Crippen LogP contribution in [0.5, 0.6) is 0 Å². The Morgan fingerprint density at radius 1 is 1.26 bits per heavy atom. The van der Waals surface area contributed by atoms with Gasteiger partial charge in [0.2, 0.25) is 11.8 Å². The number of halogens is 3. The van der Waals surface area contributed by atoms with E-state index in [1.807, 2.05) is 0 Å². The molecule has 19 heavy (non-hydrogen) atoms. The van der Waals surface area contributed by atoms with Crippen molar-refractivity contribution in [1.29, 1.82) is 0 Å². The van der Waals surface area contributed by atoms with Crippen molar-refractivity contribution >= 4 is 17.5 Å². The summed E-state index contributed by atoms with van der Waals surface area (Å²) in [4.78, 5) is 24.2. The van der Waals surface area contributed by atoms with Crippen molar-refractivity contribution in [1.82, 2.24) is 5.32 Å². The van der Waals surface area contributed by atoms with Crippen molar-refractivity contribution in [3.05, 3.63) is 29.6 Å². The Kier molecular flexibility index (Phi) is 3.46. The number of carbonyl (C=O) groups excluding carboxylic acids is 2. The minimum Gasteiger partial charge on any atom is -0.345 e. The number of nitrogens with zero attached hydrogens (tertiary/aromatic N) is 1. The quantitative estimate of drug-likeness (QED) is 0.883. The van der Waals surface area contributed by atoms with Gasteiger partial charge in [-0.1, -0.05) is 6.92 Å². The van der Waals surface area contributed by atoms with Gasteiger partial charge in [0.05, 0.1) is 6.54 Å². The molecule has 1 aromatic carbocycles. The fourth-order valence-electron chi connectivity index (χ4n) is 2.07. The maximum atomic E-state index is 13.7. The van der Waals surface area contributed by atoms with Gasteiger partial charge in [0, 0.05) is 12.1 Å². The van der Waals surface area contributed by atoms with Crippen molar-refractivity contribution in [2.24, 2.45) is 0 Å². The number of nitrogens with one attached hydrogen (secondary N) is 1. The lowest BCUT2D eigenvalue weighted by Gasteiger charge is -2.34. The normalized spacial score (nSPS) is 19.6. The second-order valence-electron chi connectivity index (χ2n) is 4.12. The lowest BCUT2D eigenvalue weighted by Crippen LogP contribution is -2.59. The number of anilines is 1. The summed E-state index contributed by atoms with van der Waals surface area (Å²) in [5, 5.41) is 2.33. The van der Waals surface area contributed by atoms with Gasteiger partial charge in [0.15, 0.2) is 11.6 Å². The average molecular weight is 272 g/mol. The summed E-state index contributed by atoms with van der Waals surface area (Å²) >= 11 is 0. The molecule has 1 saturated heterocycles. The average Bonchev–Trinajstić information content (AvgIpc) is 2.32. The molecule has 0 aliphatic carbocycles. The smallest absolute Gasteiger partial charge is 0.247 e. The number of hydrogen-bond donors (Lipinski definition) is 1. The first-order valence-electron chi connectivity index (χ1n) is 5.70. The summed E-state index contributed by atoms with van der Waals surface area (Å²) in [6.07, 6.45) is 0.188. The number of piperazine rings is 1. The van der Waals surface area contributed by atoms with Crippen molar-refractivity contribution in [2.45, 2.75) is 19.4 Å². The molecule has 0 aromatic heterocycles. The van der Waals surface area contributed by atoms with Crippen molar-refractivity contribution < 1.29 is 22.8 Å². The Balaban J connectivity index is 2.54. The maximum absolute atomic E-state index is 13.7. The van der Waals surface area contributed by atoms with Gasteiger partial charge in [0.25, 0.3) is 0 Å². The summed E-state index contributed by atoms with van der Waals surface area (Å²) in [6, 6.07) is -0.0498.